The highest BCUT2D eigenvalue weighted by Crippen LogP contribution is 2.29. The Morgan fingerprint density at radius 3 is 2.56 bits per heavy atom. The van der Waals surface area contributed by atoms with Gasteiger partial charge in [-0.3, -0.25) is 9.59 Å². The van der Waals surface area contributed by atoms with Crippen molar-refractivity contribution in [3.8, 4) is 0 Å². The predicted molar refractivity (Wildman–Crippen MR) is 96.2 cm³/mol. The molecule has 2 N–H and O–H groups in total. The summed E-state index contributed by atoms with van der Waals surface area (Å²) >= 11 is 0. The van der Waals surface area contributed by atoms with E-state index < -0.39 is 5.60 Å². The molecule has 1 aromatic carbocycles. The van der Waals surface area contributed by atoms with E-state index in [1.807, 2.05) is 31.2 Å². The van der Waals surface area contributed by atoms with Gasteiger partial charge in [-0.2, -0.15) is 0 Å². The maximum absolute atomic E-state index is 12.7. The van der Waals surface area contributed by atoms with Crippen molar-refractivity contribution in [2.45, 2.75) is 51.0 Å². The van der Waals surface area contributed by atoms with Gasteiger partial charge in [0.15, 0.2) is 0 Å². The molecule has 1 unspecified atom stereocenters. The number of amides is 2. The van der Waals surface area contributed by atoms with E-state index in [0.717, 1.165) is 44.1 Å². The Kier molecular flexibility index (Phi) is 5.42. The molecule has 2 fully saturated rings. The van der Waals surface area contributed by atoms with Crippen LogP contribution in [0, 0.1) is 12.8 Å². The topological polar surface area (TPSA) is 69.6 Å². The van der Waals surface area contributed by atoms with E-state index in [1.165, 1.54) is 0 Å². The van der Waals surface area contributed by atoms with Crippen molar-refractivity contribution in [3.05, 3.63) is 35.4 Å². The monoisotopic (exact) mass is 344 g/mol. The lowest BCUT2D eigenvalue weighted by Gasteiger charge is -2.33. The highest BCUT2D eigenvalue weighted by molar-refractivity contribution is 5.94. The van der Waals surface area contributed by atoms with Crippen molar-refractivity contribution in [2.75, 3.05) is 19.6 Å². The molecular weight excluding hydrogens is 316 g/mol. The minimum Gasteiger partial charge on any atom is -0.388 e. The van der Waals surface area contributed by atoms with Crippen molar-refractivity contribution >= 4 is 11.8 Å². The Balaban J connectivity index is 1.55. The van der Waals surface area contributed by atoms with Crippen molar-refractivity contribution in [1.29, 1.82) is 0 Å². The normalized spacial score (nSPS) is 22.6. The Hall–Kier alpha value is -1.88. The molecule has 25 heavy (non-hydrogen) atoms. The van der Waals surface area contributed by atoms with Crippen LogP contribution < -0.4 is 5.32 Å². The summed E-state index contributed by atoms with van der Waals surface area (Å²) in [7, 11) is 0. The van der Waals surface area contributed by atoms with Crippen LogP contribution in [0.5, 0.6) is 0 Å². The number of carbonyl (C=O) groups excluding carboxylic acids is 2. The Morgan fingerprint density at radius 2 is 1.88 bits per heavy atom. The second-order valence-corrected chi connectivity index (χ2v) is 7.61. The molecule has 1 aliphatic carbocycles. The fourth-order valence-corrected chi connectivity index (χ4v) is 3.86. The van der Waals surface area contributed by atoms with Gasteiger partial charge in [0.25, 0.3) is 5.91 Å². The molecule has 0 spiro atoms. The quantitative estimate of drug-likeness (QED) is 0.880. The fraction of sp³-hybridized carbons (Fsp3) is 0.600. The smallest absolute Gasteiger partial charge is 0.253 e. The third-order valence-corrected chi connectivity index (χ3v) is 5.50. The maximum Gasteiger partial charge on any atom is 0.253 e. The number of aliphatic hydroxyl groups is 1. The first-order valence-electron chi connectivity index (χ1n) is 9.33. The molecule has 0 aromatic heterocycles. The van der Waals surface area contributed by atoms with E-state index in [4.69, 9.17) is 0 Å². The third kappa shape index (κ3) is 4.40. The highest BCUT2D eigenvalue weighted by Gasteiger charge is 2.33. The van der Waals surface area contributed by atoms with Crippen molar-refractivity contribution in [2.24, 2.45) is 5.92 Å². The van der Waals surface area contributed by atoms with Gasteiger partial charge in [-0.15, -0.1) is 0 Å². The number of nitrogens with one attached hydrogen (secondary N) is 1. The molecule has 0 radical (unpaired) electrons. The summed E-state index contributed by atoms with van der Waals surface area (Å²) in [5, 5.41) is 13.3. The number of carbonyl (C=O) groups is 2. The summed E-state index contributed by atoms with van der Waals surface area (Å²) in [6.07, 6.45) is 5.19. The first kappa shape index (κ1) is 17.9. The number of hydrogen-bond donors (Lipinski definition) is 2. The second-order valence-electron chi connectivity index (χ2n) is 7.61. The van der Waals surface area contributed by atoms with E-state index in [9.17, 15) is 14.7 Å². The minimum atomic E-state index is -0.734. The molecule has 1 heterocycles. The molecule has 1 aliphatic heterocycles. The number of nitrogens with zero attached hydrogens (tertiary/aromatic N) is 1. The zero-order valence-corrected chi connectivity index (χ0v) is 15.0. The van der Waals surface area contributed by atoms with E-state index in [-0.39, 0.29) is 17.7 Å². The third-order valence-electron chi connectivity index (χ3n) is 5.50. The summed E-state index contributed by atoms with van der Waals surface area (Å²) in [5.74, 6) is -0.234. The average molecular weight is 344 g/mol. The number of aryl methyl sites for hydroxylation is 1. The zero-order chi connectivity index (χ0) is 17.9. The van der Waals surface area contributed by atoms with Gasteiger partial charge in [0, 0.05) is 25.2 Å². The SMILES string of the molecule is Cc1ccc(C(=O)N2CCCC(C(=O)NCC3(O)CCCC3)C2)cc1. The van der Waals surface area contributed by atoms with Gasteiger partial charge in [-0.1, -0.05) is 30.5 Å². The van der Waals surface area contributed by atoms with Crippen LogP contribution in [0.4, 0.5) is 0 Å². The molecule has 1 saturated heterocycles. The van der Waals surface area contributed by atoms with Crippen LogP contribution in [0.2, 0.25) is 0 Å². The molecule has 5 heteroatoms. The molecule has 136 valence electrons. The molecule has 2 aliphatic rings. The van der Waals surface area contributed by atoms with E-state index in [1.54, 1.807) is 4.90 Å². The molecule has 3 rings (SSSR count). The molecule has 1 saturated carbocycles. The van der Waals surface area contributed by atoms with Crippen molar-refractivity contribution in [3.63, 3.8) is 0 Å². The number of benzene rings is 1. The summed E-state index contributed by atoms with van der Waals surface area (Å²) in [6, 6.07) is 7.56. The molecule has 5 nitrogen and oxygen atoms in total. The summed E-state index contributed by atoms with van der Waals surface area (Å²) in [5.41, 5.74) is 1.06. The summed E-state index contributed by atoms with van der Waals surface area (Å²) < 4.78 is 0. The number of likely N-dealkylation sites (tertiary alicyclic amines) is 1. The van der Waals surface area contributed by atoms with Gasteiger partial charge in [-0.05, 0) is 44.7 Å². The molecule has 2 amide bonds. The van der Waals surface area contributed by atoms with Gasteiger partial charge < -0.3 is 15.3 Å². The number of hydrogen-bond acceptors (Lipinski definition) is 3. The van der Waals surface area contributed by atoms with E-state index in [0.29, 0.717) is 25.2 Å². The van der Waals surface area contributed by atoms with Crippen molar-refractivity contribution in [1.82, 2.24) is 10.2 Å². The lowest BCUT2D eigenvalue weighted by Crippen LogP contribution is -2.48. The standard InChI is InChI=1S/C20H28N2O3/c1-15-6-8-16(9-7-15)19(24)22-12-4-5-17(13-22)18(23)21-14-20(25)10-2-3-11-20/h6-9,17,25H,2-5,10-14H2,1H3,(H,21,23). The van der Waals surface area contributed by atoms with Gasteiger partial charge in [0.1, 0.15) is 0 Å². The van der Waals surface area contributed by atoms with Crippen LogP contribution in [0.25, 0.3) is 0 Å². The Labute approximate surface area is 149 Å². The van der Waals surface area contributed by atoms with Crippen molar-refractivity contribution < 1.29 is 14.7 Å². The summed E-state index contributed by atoms with van der Waals surface area (Å²) in [4.78, 5) is 26.9. The zero-order valence-electron chi connectivity index (χ0n) is 15.0. The van der Waals surface area contributed by atoms with Crippen LogP contribution in [0.1, 0.15) is 54.4 Å². The van der Waals surface area contributed by atoms with Gasteiger partial charge in [0.05, 0.1) is 11.5 Å². The first-order valence-corrected chi connectivity index (χ1v) is 9.33. The number of rotatable bonds is 4. The van der Waals surface area contributed by atoms with Crippen LogP contribution in [-0.4, -0.2) is 47.1 Å². The molecule has 0 bridgehead atoms. The Morgan fingerprint density at radius 1 is 1.20 bits per heavy atom. The van der Waals surface area contributed by atoms with E-state index >= 15 is 0 Å². The molecule has 1 atom stereocenters. The average Bonchev–Trinajstić information content (AvgIpc) is 3.07. The van der Waals surface area contributed by atoms with Crippen LogP contribution >= 0.6 is 0 Å². The second kappa shape index (κ2) is 7.56. The van der Waals surface area contributed by atoms with Crippen LogP contribution in [0.15, 0.2) is 24.3 Å². The molecule has 1 aromatic rings. The maximum atomic E-state index is 12.7. The Bertz CT molecular complexity index is 620. The minimum absolute atomic E-state index is 0.00748. The van der Waals surface area contributed by atoms with Crippen LogP contribution in [0.3, 0.4) is 0 Å². The number of piperidine rings is 1. The largest absolute Gasteiger partial charge is 0.388 e. The lowest BCUT2D eigenvalue weighted by atomic mass is 9.95. The highest BCUT2D eigenvalue weighted by atomic mass is 16.3. The molecular formula is C20H28N2O3. The van der Waals surface area contributed by atoms with Gasteiger partial charge >= 0.3 is 0 Å². The van der Waals surface area contributed by atoms with Crippen LogP contribution in [-0.2, 0) is 4.79 Å². The lowest BCUT2D eigenvalue weighted by molar-refractivity contribution is -0.127. The van der Waals surface area contributed by atoms with Gasteiger partial charge in [-0.25, -0.2) is 0 Å². The predicted octanol–water partition coefficient (Wildman–Crippen LogP) is 2.27. The fourth-order valence-electron chi connectivity index (χ4n) is 3.86. The van der Waals surface area contributed by atoms with Gasteiger partial charge in [0.2, 0.25) is 5.91 Å². The first-order chi connectivity index (χ1) is 12.0. The van der Waals surface area contributed by atoms with E-state index in [2.05, 4.69) is 5.32 Å². The summed E-state index contributed by atoms with van der Waals surface area (Å²) in [6.45, 7) is 3.47.